The van der Waals surface area contributed by atoms with Crippen LogP contribution in [0.4, 0.5) is 0 Å². The van der Waals surface area contributed by atoms with E-state index in [1.165, 1.54) is 14.2 Å². The van der Waals surface area contributed by atoms with Crippen molar-refractivity contribution in [3.63, 3.8) is 0 Å². The Morgan fingerprint density at radius 1 is 0.744 bits per heavy atom. The Hall–Kier alpha value is -2.84. The van der Waals surface area contributed by atoms with Gasteiger partial charge in [-0.2, -0.15) is 0 Å². The van der Waals surface area contributed by atoms with Gasteiger partial charge in [0.1, 0.15) is 19.6 Å². The number of ether oxygens (including phenoxy) is 6. The Labute approximate surface area is 241 Å². The van der Waals surface area contributed by atoms with Gasteiger partial charge in [0.15, 0.2) is 0 Å². The molecule has 0 aliphatic carbocycles. The van der Waals surface area contributed by atoms with Crippen LogP contribution in [0.2, 0.25) is 19.6 Å². The van der Waals surface area contributed by atoms with E-state index in [1.54, 1.807) is 44.6 Å². The third-order valence-corrected chi connectivity index (χ3v) is 6.36. The molecule has 0 atom stereocenters. The summed E-state index contributed by atoms with van der Waals surface area (Å²) in [6, 6.07) is 10.3. The highest BCUT2D eigenvalue weighted by Gasteiger charge is 2.12. The normalized spacial score (nSPS) is 10.4. The highest BCUT2D eigenvalue weighted by atomic mass is 79.9. The molecule has 0 saturated heterocycles. The summed E-state index contributed by atoms with van der Waals surface area (Å²) in [6.07, 6.45) is 1.57. The van der Waals surface area contributed by atoms with Crippen molar-refractivity contribution < 1.29 is 38.0 Å². The highest BCUT2D eigenvalue weighted by molar-refractivity contribution is 9.10. The molecule has 0 heterocycles. The van der Waals surface area contributed by atoms with Crippen LogP contribution in [0.25, 0.3) is 0 Å². The lowest BCUT2D eigenvalue weighted by molar-refractivity contribution is 0.0591. The quantitative estimate of drug-likeness (QED) is 0.128. The molecular weight excluding hydrogens is 584 g/mol. The van der Waals surface area contributed by atoms with Gasteiger partial charge < -0.3 is 28.4 Å². The second-order valence-corrected chi connectivity index (χ2v) is 14.8. The largest absolute Gasteiger partial charge is 0.492 e. The number of hydrogen-bond acceptors (Lipinski definition) is 8. The molecule has 39 heavy (non-hydrogen) atoms. The lowest BCUT2D eigenvalue weighted by atomic mass is 10.1. The van der Waals surface area contributed by atoms with E-state index in [0.29, 0.717) is 49.1 Å². The Kier molecular flexibility index (Phi) is 16.2. The summed E-state index contributed by atoms with van der Waals surface area (Å²) in [4.78, 5) is 23.0. The van der Waals surface area contributed by atoms with Crippen LogP contribution in [0.3, 0.4) is 0 Å². The van der Waals surface area contributed by atoms with Gasteiger partial charge in [0.05, 0.1) is 48.6 Å². The first-order chi connectivity index (χ1) is 18.6. The summed E-state index contributed by atoms with van der Waals surface area (Å²) in [6.45, 7) is 8.88. The second kappa shape index (κ2) is 18.4. The van der Waals surface area contributed by atoms with Gasteiger partial charge in [-0.25, -0.2) is 9.59 Å². The maximum Gasteiger partial charge on any atom is 0.337 e. The van der Waals surface area contributed by atoms with Gasteiger partial charge >= 0.3 is 11.9 Å². The summed E-state index contributed by atoms with van der Waals surface area (Å²) >= 11 is 3.36. The molecule has 10 heteroatoms. The molecule has 2 aromatic carbocycles. The van der Waals surface area contributed by atoms with Crippen molar-refractivity contribution in [1.82, 2.24) is 0 Å². The number of halogens is 1. The van der Waals surface area contributed by atoms with E-state index in [1.807, 2.05) is 6.07 Å². The fourth-order valence-corrected chi connectivity index (χ4v) is 3.75. The summed E-state index contributed by atoms with van der Waals surface area (Å²) < 4.78 is 31.4. The smallest absolute Gasteiger partial charge is 0.337 e. The van der Waals surface area contributed by atoms with E-state index < -0.39 is 8.07 Å². The molecule has 0 fully saturated rings. The van der Waals surface area contributed by atoms with E-state index >= 15 is 0 Å². The maximum atomic E-state index is 11.6. The number of benzene rings is 2. The molecule has 0 spiro atoms. The van der Waals surface area contributed by atoms with Crippen molar-refractivity contribution in [2.24, 2.45) is 0 Å². The molecule has 0 radical (unpaired) electrons. The molecule has 0 bridgehead atoms. The van der Waals surface area contributed by atoms with Gasteiger partial charge in [-0.1, -0.05) is 25.6 Å². The molecule has 8 nitrogen and oxygen atoms in total. The molecule has 0 N–H and O–H groups in total. The monoisotopic (exact) mass is 622 g/mol. The summed E-state index contributed by atoms with van der Waals surface area (Å²) in [5.74, 6) is 3.67. The summed E-state index contributed by atoms with van der Waals surface area (Å²) in [5, 5.41) is 0. The lowest BCUT2D eigenvalue weighted by Crippen LogP contribution is -2.16. The van der Waals surface area contributed by atoms with E-state index in [2.05, 4.69) is 51.8 Å². The van der Waals surface area contributed by atoms with Gasteiger partial charge in [-0.3, -0.25) is 0 Å². The second-order valence-electron chi connectivity index (χ2n) is 9.23. The first-order valence-corrected chi connectivity index (χ1v) is 16.7. The van der Waals surface area contributed by atoms with Crippen LogP contribution in [-0.2, 0) is 18.9 Å². The number of hydrogen-bond donors (Lipinski definition) is 0. The molecule has 0 aliphatic rings. The first-order valence-electron chi connectivity index (χ1n) is 12.4. The Morgan fingerprint density at radius 3 is 1.72 bits per heavy atom. The van der Waals surface area contributed by atoms with Crippen molar-refractivity contribution in [1.29, 1.82) is 0 Å². The van der Waals surface area contributed by atoms with Crippen LogP contribution in [0, 0.1) is 11.5 Å². The van der Waals surface area contributed by atoms with Crippen molar-refractivity contribution in [2.45, 2.75) is 32.5 Å². The van der Waals surface area contributed by atoms with Gasteiger partial charge in [0.25, 0.3) is 0 Å². The van der Waals surface area contributed by atoms with Gasteiger partial charge in [-0.05, 0) is 52.3 Å². The van der Waals surface area contributed by atoms with Crippen LogP contribution >= 0.6 is 15.9 Å². The molecular formula is C29H39BrO8Si. The van der Waals surface area contributed by atoms with E-state index in [4.69, 9.17) is 23.7 Å². The van der Waals surface area contributed by atoms with Crippen LogP contribution in [0.1, 0.15) is 39.1 Å². The molecule has 2 rings (SSSR count). The van der Waals surface area contributed by atoms with Crippen LogP contribution in [-0.4, -0.2) is 74.9 Å². The first kappa shape index (κ1) is 34.2. The summed E-state index contributed by atoms with van der Waals surface area (Å²) in [7, 11) is 4.54. The fraction of sp³-hybridized carbons (Fsp3) is 0.448. The number of carbonyl (C=O) groups is 2. The third kappa shape index (κ3) is 13.7. The number of methoxy groups -OCH3 is 4. The lowest BCUT2D eigenvalue weighted by Gasteiger charge is -2.10. The minimum Gasteiger partial charge on any atom is -0.492 e. The van der Waals surface area contributed by atoms with Crippen molar-refractivity contribution >= 4 is 35.9 Å². The zero-order chi connectivity index (χ0) is 29.3. The predicted octanol–water partition coefficient (Wildman–Crippen LogP) is 5.77. The van der Waals surface area contributed by atoms with Crippen molar-refractivity contribution in [3.05, 3.63) is 57.6 Å². The Balaban J connectivity index is 0.000000403. The fourth-order valence-electron chi connectivity index (χ4n) is 2.87. The van der Waals surface area contributed by atoms with Gasteiger partial charge in [-0.15, -0.1) is 5.54 Å². The highest BCUT2D eigenvalue weighted by Crippen LogP contribution is 2.26. The molecule has 0 aliphatic heterocycles. The minimum atomic E-state index is -1.48. The molecule has 0 saturated carbocycles. The Morgan fingerprint density at radius 2 is 1.23 bits per heavy atom. The van der Waals surface area contributed by atoms with Crippen LogP contribution in [0.5, 0.6) is 11.5 Å². The minimum absolute atomic E-state index is 0.376. The van der Waals surface area contributed by atoms with Crippen LogP contribution in [0.15, 0.2) is 40.9 Å². The zero-order valence-corrected chi connectivity index (χ0v) is 26.4. The van der Waals surface area contributed by atoms with E-state index in [9.17, 15) is 9.59 Å². The molecule has 214 valence electrons. The SMILES string of the molecule is COCCCOc1cc(C(=O)OC)ccc1Br.COCCCOc1cc(C(=O)OC)ccc1C#C[Si](C)(C)C. The number of carbonyl (C=O) groups excluding carboxylic acids is 2. The van der Waals surface area contributed by atoms with Gasteiger partial charge in [0, 0.05) is 40.3 Å². The van der Waals surface area contributed by atoms with Crippen LogP contribution < -0.4 is 9.47 Å². The molecule has 0 unspecified atom stereocenters. The molecule has 0 aromatic heterocycles. The Bertz CT molecular complexity index is 1120. The van der Waals surface area contributed by atoms with E-state index in [-0.39, 0.29) is 11.9 Å². The average Bonchev–Trinajstić information content (AvgIpc) is 2.92. The van der Waals surface area contributed by atoms with Crippen molar-refractivity contribution in [3.8, 4) is 23.0 Å². The third-order valence-electron chi connectivity index (χ3n) is 4.83. The topological polar surface area (TPSA) is 89.5 Å². The zero-order valence-electron chi connectivity index (χ0n) is 23.9. The number of rotatable bonds is 12. The average molecular weight is 624 g/mol. The van der Waals surface area contributed by atoms with Gasteiger partial charge in [0.2, 0.25) is 0 Å². The molecule has 2 aromatic rings. The standard InChI is InChI=1S/C17H24O4Si.C12H15BrO4/c1-19-10-6-11-21-16-13-15(17(18)20-2)8-7-14(16)9-12-22(3,4)5;1-15-6-3-7-17-11-8-9(12(14)16-2)4-5-10(11)13/h7-8,13H,6,10-11H2,1-5H3;4-5,8H,3,6-7H2,1-2H3. The summed E-state index contributed by atoms with van der Waals surface area (Å²) in [5.41, 5.74) is 5.04. The van der Waals surface area contributed by atoms with E-state index in [0.717, 1.165) is 22.9 Å². The number of esters is 2. The van der Waals surface area contributed by atoms with Crippen molar-refractivity contribution in [2.75, 3.05) is 54.9 Å². The maximum absolute atomic E-state index is 11.6. The molecule has 0 amide bonds. The predicted molar refractivity (Wildman–Crippen MR) is 157 cm³/mol.